The summed E-state index contributed by atoms with van der Waals surface area (Å²) in [5, 5.41) is 2.23. The van der Waals surface area contributed by atoms with Gasteiger partial charge in [0.15, 0.2) is 22.6 Å². The molecule has 4 heterocycles. The van der Waals surface area contributed by atoms with Crippen LogP contribution >= 0.6 is 0 Å². The van der Waals surface area contributed by atoms with Crippen LogP contribution in [0.25, 0.3) is 55.9 Å². The highest BCUT2D eigenvalue weighted by atomic mass is 15.1. The number of H-pyrrole nitrogens is 2. The molecule has 6 rings (SSSR count). The fourth-order valence-electron chi connectivity index (χ4n) is 4.43. The number of rotatable bonds is 8. The van der Waals surface area contributed by atoms with Crippen molar-refractivity contribution in [3.8, 4) is 22.5 Å². The Morgan fingerprint density at radius 3 is 1.57 bits per heavy atom. The molecule has 0 saturated heterocycles. The van der Waals surface area contributed by atoms with Crippen molar-refractivity contribution in [1.29, 1.82) is 0 Å². The predicted molar refractivity (Wildman–Crippen MR) is 174 cm³/mol. The minimum atomic E-state index is 0.643. The molecule has 0 fully saturated rings. The van der Waals surface area contributed by atoms with Gasteiger partial charge < -0.3 is 21.4 Å². The van der Waals surface area contributed by atoms with E-state index in [0.29, 0.717) is 23.5 Å². The number of unbranched alkanes of at least 4 members (excludes halogenated alkanes) is 1. The molecule has 10 heteroatoms. The molecule has 4 aromatic heterocycles. The standard InChI is InChI=1S/C27H27N9.2C2H6.CH5N/c1-2-5-22-33-24-26(35-22)31-20(14-29-24)18-9-7-17-13-19(10-8-16(17)12-18)21-15-30-25-27(32-21)36-23(34-25)6-3-4-11-28;3*1-2/h7-10,12-15H,2-6,11,28H2,1H3,(H,29,31,33,35)(H,30,32,34,36);2*1-2H3;2H2,1H3. The molecule has 2 aromatic carbocycles. The van der Waals surface area contributed by atoms with Crippen LogP contribution in [-0.2, 0) is 12.8 Å². The normalized spacial score (nSPS) is 10.5. The van der Waals surface area contributed by atoms with Crippen LogP contribution in [0.4, 0.5) is 0 Å². The maximum absolute atomic E-state index is 5.59. The van der Waals surface area contributed by atoms with Crippen LogP contribution < -0.4 is 11.5 Å². The van der Waals surface area contributed by atoms with Gasteiger partial charge >= 0.3 is 0 Å². The lowest BCUT2D eigenvalue weighted by atomic mass is 10.0. The Bertz CT molecular complexity index is 1690. The van der Waals surface area contributed by atoms with Crippen molar-refractivity contribution in [3.63, 3.8) is 0 Å². The second-order valence-electron chi connectivity index (χ2n) is 8.99. The van der Waals surface area contributed by atoms with E-state index in [1.54, 1.807) is 12.4 Å². The van der Waals surface area contributed by atoms with E-state index in [9.17, 15) is 0 Å². The number of imidazole rings is 2. The Balaban J connectivity index is 0.000000760. The van der Waals surface area contributed by atoms with Crippen molar-refractivity contribution in [2.75, 3.05) is 13.6 Å². The molecule has 10 nitrogen and oxygen atoms in total. The highest BCUT2D eigenvalue weighted by molar-refractivity contribution is 5.90. The third-order valence-electron chi connectivity index (χ3n) is 6.30. The summed E-state index contributed by atoms with van der Waals surface area (Å²) >= 11 is 0. The lowest BCUT2D eigenvalue weighted by Gasteiger charge is -2.06. The fraction of sp³-hybridized carbons (Fsp3) is 0.375. The Kier molecular flexibility index (Phi) is 12.5. The second-order valence-corrected chi connectivity index (χ2v) is 8.99. The van der Waals surface area contributed by atoms with Crippen molar-refractivity contribution in [2.24, 2.45) is 11.5 Å². The van der Waals surface area contributed by atoms with Crippen LogP contribution in [0.15, 0.2) is 48.8 Å². The van der Waals surface area contributed by atoms with Crippen LogP contribution in [-0.4, -0.2) is 53.5 Å². The zero-order valence-corrected chi connectivity index (χ0v) is 25.7. The number of aromatic nitrogens is 8. The van der Waals surface area contributed by atoms with E-state index >= 15 is 0 Å². The van der Waals surface area contributed by atoms with Crippen LogP contribution in [0, 0.1) is 0 Å². The molecule has 0 aliphatic rings. The third kappa shape index (κ3) is 7.51. The third-order valence-corrected chi connectivity index (χ3v) is 6.30. The summed E-state index contributed by atoms with van der Waals surface area (Å²) in [5.41, 5.74) is 16.5. The zero-order valence-electron chi connectivity index (χ0n) is 25.7. The summed E-state index contributed by atoms with van der Waals surface area (Å²) in [6.07, 6.45) is 8.30. The van der Waals surface area contributed by atoms with Gasteiger partial charge in [0.1, 0.15) is 11.6 Å². The van der Waals surface area contributed by atoms with Crippen LogP contribution in [0.2, 0.25) is 0 Å². The molecule has 0 spiro atoms. The van der Waals surface area contributed by atoms with Gasteiger partial charge in [-0.3, -0.25) is 0 Å². The molecule has 0 bridgehead atoms. The largest absolute Gasteiger partial charge is 0.333 e. The van der Waals surface area contributed by atoms with Gasteiger partial charge in [0.25, 0.3) is 0 Å². The van der Waals surface area contributed by atoms with Gasteiger partial charge in [-0.25, -0.2) is 29.9 Å². The van der Waals surface area contributed by atoms with Crippen LogP contribution in [0.1, 0.15) is 65.5 Å². The first-order valence-corrected chi connectivity index (χ1v) is 15.0. The molecule has 0 unspecified atom stereocenters. The SMILES string of the molecule is CC.CC.CCCc1nc2ncc(-c3ccc4cc(-c5cnc6nc(CCCCN)[nH]c6n5)ccc4c3)nc2[nH]1.CN. The van der Waals surface area contributed by atoms with E-state index in [4.69, 9.17) is 15.7 Å². The summed E-state index contributed by atoms with van der Waals surface area (Å²) in [4.78, 5) is 34.2. The van der Waals surface area contributed by atoms with Crippen molar-refractivity contribution in [2.45, 2.75) is 66.7 Å². The highest BCUT2D eigenvalue weighted by Gasteiger charge is 2.11. The number of nitrogens with zero attached hydrogens (tertiary/aromatic N) is 6. The number of fused-ring (bicyclic) bond motifs is 3. The Labute approximate surface area is 247 Å². The molecule has 0 aliphatic carbocycles. The summed E-state index contributed by atoms with van der Waals surface area (Å²) < 4.78 is 0. The topological polar surface area (TPSA) is 161 Å². The fourth-order valence-corrected chi connectivity index (χ4v) is 4.43. The number of aryl methyl sites for hydroxylation is 2. The zero-order chi connectivity index (χ0) is 30.5. The summed E-state index contributed by atoms with van der Waals surface area (Å²) in [6.45, 7) is 10.8. The van der Waals surface area contributed by atoms with Gasteiger partial charge in [0, 0.05) is 24.0 Å². The molecule has 0 aliphatic heterocycles. The van der Waals surface area contributed by atoms with Gasteiger partial charge in [-0.2, -0.15) is 0 Å². The van der Waals surface area contributed by atoms with E-state index in [-0.39, 0.29) is 0 Å². The number of benzene rings is 2. The van der Waals surface area contributed by atoms with Gasteiger partial charge in [-0.05, 0) is 55.8 Å². The Hall–Kier alpha value is -4.28. The summed E-state index contributed by atoms with van der Waals surface area (Å²) in [6, 6.07) is 12.6. The Morgan fingerprint density at radius 2 is 1.12 bits per heavy atom. The van der Waals surface area contributed by atoms with E-state index in [2.05, 4.69) is 79.0 Å². The lowest BCUT2D eigenvalue weighted by molar-refractivity contribution is 0.724. The summed E-state index contributed by atoms with van der Waals surface area (Å²) in [7, 11) is 1.50. The minimum absolute atomic E-state index is 0.643. The molecule has 222 valence electrons. The first-order chi connectivity index (χ1) is 20.7. The van der Waals surface area contributed by atoms with Crippen molar-refractivity contribution in [1.82, 2.24) is 39.9 Å². The highest BCUT2D eigenvalue weighted by Crippen LogP contribution is 2.28. The number of hydrogen-bond donors (Lipinski definition) is 4. The average Bonchev–Trinajstić information content (AvgIpc) is 3.66. The van der Waals surface area contributed by atoms with E-state index in [1.807, 2.05) is 27.7 Å². The molecule has 0 atom stereocenters. The van der Waals surface area contributed by atoms with Gasteiger partial charge in [-0.1, -0.05) is 58.9 Å². The van der Waals surface area contributed by atoms with Gasteiger partial charge in [-0.15, -0.1) is 0 Å². The first-order valence-electron chi connectivity index (χ1n) is 15.0. The predicted octanol–water partition coefficient (Wildman–Crippen LogP) is 6.37. The van der Waals surface area contributed by atoms with Crippen LogP contribution in [0.5, 0.6) is 0 Å². The number of hydrogen-bond acceptors (Lipinski definition) is 8. The monoisotopic (exact) mass is 568 g/mol. The first kappa shape index (κ1) is 32.2. The molecular formula is C32H44N10. The molecular weight excluding hydrogens is 524 g/mol. The minimum Gasteiger partial charge on any atom is -0.333 e. The van der Waals surface area contributed by atoms with Gasteiger partial charge in [0.2, 0.25) is 0 Å². The maximum Gasteiger partial charge on any atom is 0.197 e. The second kappa shape index (κ2) is 16.2. The maximum atomic E-state index is 5.59. The number of nitrogens with one attached hydrogen (secondary N) is 2. The van der Waals surface area contributed by atoms with Crippen LogP contribution in [0.3, 0.4) is 0 Å². The number of aromatic amines is 2. The van der Waals surface area contributed by atoms with E-state index in [0.717, 1.165) is 82.7 Å². The molecule has 42 heavy (non-hydrogen) atoms. The number of nitrogens with two attached hydrogens (primary N) is 2. The summed E-state index contributed by atoms with van der Waals surface area (Å²) in [5.74, 6) is 1.83. The van der Waals surface area contributed by atoms with Crippen molar-refractivity contribution in [3.05, 3.63) is 60.4 Å². The molecule has 6 N–H and O–H groups in total. The van der Waals surface area contributed by atoms with Crippen molar-refractivity contribution < 1.29 is 0 Å². The van der Waals surface area contributed by atoms with Gasteiger partial charge in [0.05, 0.1) is 23.8 Å². The van der Waals surface area contributed by atoms with E-state index in [1.165, 1.54) is 7.05 Å². The smallest absolute Gasteiger partial charge is 0.197 e. The average molecular weight is 569 g/mol. The quantitative estimate of drug-likeness (QED) is 0.154. The Morgan fingerprint density at radius 1 is 0.643 bits per heavy atom. The molecule has 0 amide bonds. The van der Waals surface area contributed by atoms with Crippen molar-refractivity contribution >= 4 is 33.4 Å². The van der Waals surface area contributed by atoms with E-state index < -0.39 is 0 Å². The lowest BCUT2D eigenvalue weighted by Crippen LogP contribution is -1.99. The molecule has 0 saturated carbocycles. The molecule has 0 radical (unpaired) electrons. The molecule has 6 aromatic rings.